The van der Waals surface area contributed by atoms with Gasteiger partial charge in [-0.05, 0) is 37.0 Å². The van der Waals surface area contributed by atoms with E-state index >= 15 is 0 Å². The number of carbonyl (C=O) groups excluding carboxylic acids is 1. The number of rotatable bonds is 7. The molecule has 0 unspecified atom stereocenters. The van der Waals surface area contributed by atoms with Crippen molar-refractivity contribution in [3.8, 4) is 0 Å². The van der Waals surface area contributed by atoms with Crippen molar-refractivity contribution in [2.24, 2.45) is 5.92 Å². The summed E-state index contributed by atoms with van der Waals surface area (Å²) in [5, 5.41) is 5.56. The zero-order valence-electron chi connectivity index (χ0n) is 19.5. The van der Waals surface area contributed by atoms with E-state index in [9.17, 15) is 30.8 Å². The monoisotopic (exact) mass is 541 g/mol. The van der Waals surface area contributed by atoms with Crippen LogP contribution in [0.15, 0.2) is 29.2 Å². The molecule has 198 valence electrons. The number of halogens is 4. The number of pyridine rings is 1. The van der Waals surface area contributed by atoms with Gasteiger partial charge in [-0.25, -0.2) is 35.9 Å². The van der Waals surface area contributed by atoms with E-state index in [2.05, 4.69) is 25.6 Å². The van der Waals surface area contributed by atoms with Crippen LogP contribution in [-0.4, -0.2) is 48.1 Å². The summed E-state index contributed by atoms with van der Waals surface area (Å²) in [5.41, 5.74) is 0.631. The second kappa shape index (κ2) is 9.24. The number of alkyl halides is 4. The van der Waals surface area contributed by atoms with Crippen LogP contribution in [-0.2, 0) is 19.4 Å². The van der Waals surface area contributed by atoms with E-state index in [1.807, 2.05) is 0 Å². The molecular weight excluding hydrogens is 518 g/mol. The Balaban J connectivity index is 1.52. The number of carbonyl (C=O) groups is 1. The van der Waals surface area contributed by atoms with Crippen LogP contribution in [0.4, 0.5) is 34.8 Å². The first-order valence-corrected chi connectivity index (χ1v) is 13.4. The molecule has 0 bridgehead atoms. The van der Waals surface area contributed by atoms with Gasteiger partial charge < -0.3 is 20.4 Å². The predicted octanol–water partition coefficient (Wildman–Crippen LogP) is 4.88. The van der Waals surface area contributed by atoms with Crippen LogP contribution in [0, 0.1) is 5.92 Å². The lowest BCUT2D eigenvalue weighted by Crippen LogP contribution is -2.31. The molecule has 2 aliphatic rings. The Labute approximate surface area is 208 Å². The minimum absolute atomic E-state index is 0.0149. The number of H-pyrrole nitrogens is 1. The molecule has 1 aliphatic carbocycles. The number of aromatic amines is 1. The molecule has 0 radical (unpaired) electrons. The molecule has 3 heterocycles. The molecule has 1 aromatic carbocycles. The molecule has 1 aliphatic heterocycles. The molecule has 0 spiro atoms. The van der Waals surface area contributed by atoms with Gasteiger partial charge in [-0.15, -0.1) is 0 Å². The molecule has 1 amide bonds. The average molecular weight is 542 g/mol. The second-order valence-corrected chi connectivity index (χ2v) is 11.3. The lowest BCUT2D eigenvalue weighted by atomic mass is 9.99. The number of fused-ring (bicyclic) bond motifs is 1. The SMILES string of the molecule is CS(=O)(=O)c1cc([C@H]2CCC(F)(F)CO2)ccc1Nc1cc(NC(=O)C2CC2)nc2[nH]c(C(F)F)nc12. The predicted molar refractivity (Wildman–Crippen MR) is 126 cm³/mol. The van der Waals surface area contributed by atoms with Crippen molar-refractivity contribution in [2.75, 3.05) is 23.5 Å². The van der Waals surface area contributed by atoms with Crippen molar-refractivity contribution in [2.45, 2.75) is 49.0 Å². The summed E-state index contributed by atoms with van der Waals surface area (Å²) in [6.07, 6.45) is -1.52. The summed E-state index contributed by atoms with van der Waals surface area (Å²) >= 11 is 0. The average Bonchev–Trinajstić information content (AvgIpc) is 3.58. The van der Waals surface area contributed by atoms with E-state index < -0.39 is 40.7 Å². The molecule has 1 saturated carbocycles. The van der Waals surface area contributed by atoms with E-state index in [0.29, 0.717) is 5.56 Å². The van der Waals surface area contributed by atoms with Crippen molar-refractivity contribution in [1.29, 1.82) is 0 Å². The minimum atomic E-state index is -3.83. The number of benzene rings is 1. The van der Waals surface area contributed by atoms with Crippen LogP contribution in [0.3, 0.4) is 0 Å². The molecule has 5 rings (SSSR count). The van der Waals surface area contributed by atoms with Crippen LogP contribution in [0.5, 0.6) is 0 Å². The van der Waals surface area contributed by atoms with Gasteiger partial charge in [0, 0.05) is 24.7 Å². The first-order valence-electron chi connectivity index (χ1n) is 11.5. The zero-order chi connectivity index (χ0) is 26.5. The van der Waals surface area contributed by atoms with Crippen LogP contribution in [0.2, 0.25) is 0 Å². The summed E-state index contributed by atoms with van der Waals surface area (Å²) in [6, 6.07) is 5.71. The number of hydrogen-bond acceptors (Lipinski definition) is 7. The first kappa shape index (κ1) is 25.4. The smallest absolute Gasteiger partial charge is 0.295 e. The molecule has 2 fully saturated rings. The number of anilines is 3. The fraction of sp³-hybridized carbons (Fsp3) is 0.435. The van der Waals surface area contributed by atoms with Crippen molar-refractivity contribution < 1.29 is 35.5 Å². The topological polar surface area (TPSA) is 126 Å². The van der Waals surface area contributed by atoms with Gasteiger partial charge in [0.1, 0.15) is 17.9 Å². The number of aromatic nitrogens is 3. The zero-order valence-corrected chi connectivity index (χ0v) is 20.3. The minimum Gasteiger partial charge on any atom is -0.367 e. The quantitative estimate of drug-likeness (QED) is 0.364. The Hall–Kier alpha value is -3.26. The maximum Gasteiger partial charge on any atom is 0.295 e. The van der Waals surface area contributed by atoms with E-state index in [1.54, 1.807) is 6.07 Å². The van der Waals surface area contributed by atoms with Crippen LogP contribution in [0.25, 0.3) is 11.2 Å². The van der Waals surface area contributed by atoms with Crippen LogP contribution < -0.4 is 10.6 Å². The summed E-state index contributed by atoms with van der Waals surface area (Å²) in [4.78, 5) is 22.6. The summed E-state index contributed by atoms with van der Waals surface area (Å²) in [5.74, 6) is -3.90. The van der Waals surface area contributed by atoms with Gasteiger partial charge in [0.15, 0.2) is 21.3 Å². The molecular formula is C23H23F4N5O4S. The third-order valence-corrected chi connectivity index (χ3v) is 7.33. The molecule has 1 saturated heterocycles. The molecule has 3 aromatic rings. The molecule has 37 heavy (non-hydrogen) atoms. The first-order chi connectivity index (χ1) is 17.4. The third-order valence-electron chi connectivity index (χ3n) is 6.19. The number of imidazole rings is 1. The highest BCUT2D eigenvalue weighted by Gasteiger charge is 2.37. The highest BCUT2D eigenvalue weighted by molar-refractivity contribution is 7.90. The van der Waals surface area contributed by atoms with Gasteiger partial charge in [0.2, 0.25) is 5.91 Å². The second-order valence-electron chi connectivity index (χ2n) is 9.29. The molecule has 14 heteroatoms. The maximum atomic E-state index is 13.5. The normalized spacial score (nSPS) is 19.8. The largest absolute Gasteiger partial charge is 0.367 e. The lowest BCUT2D eigenvalue weighted by Gasteiger charge is -2.29. The van der Waals surface area contributed by atoms with E-state index in [-0.39, 0.29) is 57.9 Å². The standard InChI is InChI=1S/C23H23F4N5O4S/c1-37(34,35)16-8-12(15-6-7-23(26,27)10-36-15)4-5-13(16)28-14-9-17(30-22(33)11-2-3-11)29-20-18(14)31-21(32-20)19(24)25/h4-5,8-9,11,15,19H,2-3,6-7,10H2,1H3,(H3,28,29,30,31,32,33)/t15-/m1/s1. The van der Waals surface area contributed by atoms with Crippen LogP contribution in [0.1, 0.15) is 49.6 Å². The van der Waals surface area contributed by atoms with Crippen molar-refractivity contribution in [3.05, 3.63) is 35.7 Å². The lowest BCUT2D eigenvalue weighted by molar-refractivity contribution is -0.145. The van der Waals surface area contributed by atoms with Gasteiger partial charge in [-0.1, -0.05) is 6.07 Å². The van der Waals surface area contributed by atoms with E-state index in [0.717, 1.165) is 19.1 Å². The number of ether oxygens (including phenoxy) is 1. The Kier molecular flexibility index (Phi) is 6.34. The van der Waals surface area contributed by atoms with Gasteiger partial charge in [-0.3, -0.25) is 4.79 Å². The third kappa shape index (κ3) is 5.54. The van der Waals surface area contributed by atoms with Gasteiger partial charge >= 0.3 is 0 Å². The molecule has 9 nitrogen and oxygen atoms in total. The maximum absolute atomic E-state index is 13.5. The van der Waals surface area contributed by atoms with E-state index in [1.165, 1.54) is 18.2 Å². The number of amides is 1. The van der Waals surface area contributed by atoms with Crippen LogP contribution >= 0.6 is 0 Å². The fourth-order valence-electron chi connectivity index (χ4n) is 4.12. The number of nitrogens with one attached hydrogen (secondary N) is 3. The fourth-order valence-corrected chi connectivity index (χ4v) is 4.99. The Morgan fingerprint density at radius 3 is 2.54 bits per heavy atom. The number of sulfone groups is 1. The summed E-state index contributed by atoms with van der Waals surface area (Å²) < 4.78 is 84.2. The Morgan fingerprint density at radius 1 is 1.16 bits per heavy atom. The van der Waals surface area contributed by atoms with Crippen molar-refractivity contribution in [3.63, 3.8) is 0 Å². The highest BCUT2D eigenvalue weighted by Crippen LogP contribution is 2.39. The number of nitrogens with zero attached hydrogens (tertiary/aromatic N) is 2. The van der Waals surface area contributed by atoms with Gasteiger partial charge in [-0.2, -0.15) is 0 Å². The molecule has 1 atom stereocenters. The highest BCUT2D eigenvalue weighted by atomic mass is 32.2. The Morgan fingerprint density at radius 2 is 1.92 bits per heavy atom. The van der Waals surface area contributed by atoms with Crippen molar-refractivity contribution >= 4 is 44.1 Å². The van der Waals surface area contributed by atoms with Crippen molar-refractivity contribution in [1.82, 2.24) is 15.0 Å². The summed E-state index contributed by atoms with van der Waals surface area (Å²) in [7, 11) is -3.83. The molecule has 3 N–H and O–H groups in total. The Bertz CT molecular complexity index is 1460. The van der Waals surface area contributed by atoms with E-state index in [4.69, 9.17) is 4.74 Å². The number of hydrogen-bond donors (Lipinski definition) is 3. The van der Waals surface area contributed by atoms with Gasteiger partial charge in [0.05, 0.1) is 22.4 Å². The summed E-state index contributed by atoms with van der Waals surface area (Å²) in [6.45, 7) is -0.762. The van der Waals surface area contributed by atoms with Gasteiger partial charge in [0.25, 0.3) is 12.3 Å². The molecule has 2 aromatic heterocycles.